The highest BCUT2D eigenvalue weighted by atomic mass is 16.5. The molecule has 152 valence electrons. The van der Waals surface area contributed by atoms with Gasteiger partial charge < -0.3 is 19.9 Å². The normalized spacial score (nSPS) is 16.7. The molecule has 0 saturated carbocycles. The molecular weight excluding hydrogens is 344 g/mol. The standard InChI is InChI=1S/C21H34N2O4/c1-4-5-6-15-26-20(25)17-7-9-18(10-8-17)27-21(2,3)19(24)16-23-13-11-22-12-14-23/h7-10,19,22,24H,4-6,11-16H2,1-3H3. The first-order chi connectivity index (χ1) is 12.9. The van der Waals surface area contributed by atoms with Crippen LogP contribution in [0.5, 0.6) is 5.75 Å². The van der Waals surface area contributed by atoms with Gasteiger partial charge in [0.1, 0.15) is 17.5 Å². The lowest BCUT2D eigenvalue weighted by molar-refractivity contribution is -0.0456. The summed E-state index contributed by atoms with van der Waals surface area (Å²) < 4.78 is 11.3. The fourth-order valence-electron chi connectivity index (χ4n) is 2.99. The second kappa shape index (κ2) is 10.6. The fourth-order valence-corrected chi connectivity index (χ4v) is 2.99. The van der Waals surface area contributed by atoms with Gasteiger partial charge in [-0.15, -0.1) is 0 Å². The van der Waals surface area contributed by atoms with Crippen LogP contribution in [0.3, 0.4) is 0 Å². The Morgan fingerprint density at radius 2 is 1.89 bits per heavy atom. The maximum atomic E-state index is 12.0. The zero-order valence-corrected chi connectivity index (χ0v) is 16.9. The lowest BCUT2D eigenvalue weighted by atomic mass is 10.0. The Hall–Kier alpha value is -1.63. The zero-order chi connectivity index (χ0) is 19.7. The molecule has 0 spiro atoms. The molecule has 1 unspecified atom stereocenters. The monoisotopic (exact) mass is 378 g/mol. The van der Waals surface area contributed by atoms with Crippen LogP contribution in [0.2, 0.25) is 0 Å². The Bertz CT molecular complexity index is 568. The predicted octanol–water partition coefficient (Wildman–Crippen LogP) is 2.46. The van der Waals surface area contributed by atoms with Gasteiger partial charge in [-0.2, -0.15) is 0 Å². The van der Waals surface area contributed by atoms with Crippen molar-refractivity contribution in [2.24, 2.45) is 0 Å². The number of benzene rings is 1. The molecule has 0 amide bonds. The summed E-state index contributed by atoms with van der Waals surface area (Å²) in [4.78, 5) is 14.3. The number of aliphatic hydroxyl groups is 1. The Morgan fingerprint density at radius 3 is 2.52 bits per heavy atom. The van der Waals surface area contributed by atoms with Crippen molar-refractivity contribution in [1.29, 1.82) is 0 Å². The largest absolute Gasteiger partial charge is 0.485 e. The molecule has 0 bridgehead atoms. The molecule has 6 nitrogen and oxygen atoms in total. The Labute approximate surface area is 162 Å². The van der Waals surface area contributed by atoms with Gasteiger partial charge in [-0.05, 0) is 44.5 Å². The summed E-state index contributed by atoms with van der Waals surface area (Å²) in [5.74, 6) is 0.317. The minimum Gasteiger partial charge on any atom is -0.485 e. The minimum atomic E-state index is -0.729. The zero-order valence-electron chi connectivity index (χ0n) is 16.9. The van der Waals surface area contributed by atoms with Crippen molar-refractivity contribution in [3.8, 4) is 5.75 Å². The average molecular weight is 379 g/mol. The fraction of sp³-hybridized carbons (Fsp3) is 0.667. The third-order valence-corrected chi connectivity index (χ3v) is 4.90. The topological polar surface area (TPSA) is 71.0 Å². The molecule has 2 N–H and O–H groups in total. The van der Waals surface area contributed by atoms with Gasteiger partial charge in [0.05, 0.1) is 12.2 Å². The molecule has 1 saturated heterocycles. The quantitative estimate of drug-likeness (QED) is 0.481. The van der Waals surface area contributed by atoms with Crippen LogP contribution in [0.15, 0.2) is 24.3 Å². The van der Waals surface area contributed by atoms with Crippen molar-refractivity contribution in [3.05, 3.63) is 29.8 Å². The summed E-state index contributed by atoms with van der Waals surface area (Å²) in [6.07, 6.45) is 2.44. The van der Waals surface area contributed by atoms with E-state index < -0.39 is 11.7 Å². The maximum absolute atomic E-state index is 12.0. The van der Waals surface area contributed by atoms with E-state index in [0.29, 0.717) is 24.5 Å². The van der Waals surface area contributed by atoms with Crippen LogP contribution < -0.4 is 10.1 Å². The number of esters is 1. The van der Waals surface area contributed by atoms with Crippen LogP contribution in [-0.4, -0.2) is 67.0 Å². The van der Waals surface area contributed by atoms with Gasteiger partial charge in [0, 0.05) is 32.7 Å². The predicted molar refractivity (Wildman–Crippen MR) is 106 cm³/mol. The molecule has 2 rings (SSSR count). The first kappa shape index (κ1) is 21.7. The van der Waals surface area contributed by atoms with E-state index in [1.165, 1.54) is 0 Å². The highest BCUT2D eigenvalue weighted by Crippen LogP contribution is 2.23. The van der Waals surface area contributed by atoms with Crippen molar-refractivity contribution in [1.82, 2.24) is 10.2 Å². The van der Waals surface area contributed by atoms with Gasteiger partial charge in [-0.25, -0.2) is 4.79 Å². The number of piperazine rings is 1. The van der Waals surface area contributed by atoms with E-state index in [9.17, 15) is 9.90 Å². The minimum absolute atomic E-state index is 0.310. The van der Waals surface area contributed by atoms with Crippen molar-refractivity contribution in [2.75, 3.05) is 39.3 Å². The van der Waals surface area contributed by atoms with Gasteiger partial charge in [0.15, 0.2) is 0 Å². The number of hydrogen-bond donors (Lipinski definition) is 2. The Morgan fingerprint density at radius 1 is 1.22 bits per heavy atom. The van der Waals surface area contributed by atoms with E-state index in [4.69, 9.17) is 9.47 Å². The molecule has 0 aromatic heterocycles. The SMILES string of the molecule is CCCCCOC(=O)c1ccc(OC(C)(C)C(O)CN2CCNCC2)cc1. The van der Waals surface area contributed by atoms with E-state index in [-0.39, 0.29) is 5.97 Å². The molecule has 1 aliphatic rings. The number of ether oxygens (including phenoxy) is 2. The van der Waals surface area contributed by atoms with Gasteiger partial charge in [0.2, 0.25) is 0 Å². The van der Waals surface area contributed by atoms with Crippen LogP contribution in [0.1, 0.15) is 50.4 Å². The van der Waals surface area contributed by atoms with E-state index in [0.717, 1.165) is 45.4 Å². The third kappa shape index (κ3) is 7.13. The lowest BCUT2D eigenvalue weighted by Gasteiger charge is -2.36. The third-order valence-electron chi connectivity index (χ3n) is 4.90. The molecule has 1 aromatic carbocycles. The van der Waals surface area contributed by atoms with E-state index >= 15 is 0 Å². The average Bonchev–Trinajstić information content (AvgIpc) is 2.66. The summed E-state index contributed by atoms with van der Waals surface area (Å²) in [6.45, 7) is 10.7. The second-order valence-electron chi connectivity index (χ2n) is 7.64. The van der Waals surface area contributed by atoms with Gasteiger partial charge >= 0.3 is 5.97 Å². The van der Waals surface area contributed by atoms with Crippen molar-refractivity contribution in [3.63, 3.8) is 0 Å². The molecule has 1 aliphatic heterocycles. The molecule has 27 heavy (non-hydrogen) atoms. The molecule has 0 radical (unpaired) electrons. The number of carbonyl (C=O) groups is 1. The highest BCUT2D eigenvalue weighted by molar-refractivity contribution is 5.89. The number of unbranched alkanes of at least 4 members (excludes halogenated alkanes) is 2. The first-order valence-electron chi connectivity index (χ1n) is 9.99. The van der Waals surface area contributed by atoms with Crippen molar-refractivity contribution < 1.29 is 19.4 Å². The smallest absolute Gasteiger partial charge is 0.338 e. The summed E-state index contributed by atoms with van der Waals surface area (Å²) in [5, 5.41) is 13.9. The summed E-state index contributed by atoms with van der Waals surface area (Å²) in [5.41, 5.74) is -0.217. The van der Waals surface area contributed by atoms with Gasteiger partial charge in [0.25, 0.3) is 0 Å². The highest BCUT2D eigenvalue weighted by Gasteiger charge is 2.32. The Balaban J connectivity index is 1.85. The van der Waals surface area contributed by atoms with E-state index in [1.54, 1.807) is 24.3 Å². The van der Waals surface area contributed by atoms with E-state index in [2.05, 4.69) is 17.1 Å². The lowest BCUT2D eigenvalue weighted by Crippen LogP contribution is -2.52. The van der Waals surface area contributed by atoms with Crippen LogP contribution in [0.4, 0.5) is 0 Å². The number of carbonyl (C=O) groups excluding carboxylic acids is 1. The molecule has 0 aliphatic carbocycles. The number of aliphatic hydroxyl groups excluding tert-OH is 1. The van der Waals surface area contributed by atoms with Crippen molar-refractivity contribution >= 4 is 5.97 Å². The van der Waals surface area contributed by atoms with Crippen LogP contribution in [0.25, 0.3) is 0 Å². The molecule has 6 heteroatoms. The maximum Gasteiger partial charge on any atom is 0.338 e. The second-order valence-corrected chi connectivity index (χ2v) is 7.64. The molecule has 1 fully saturated rings. The van der Waals surface area contributed by atoms with Crippen LogP contribution in [-0.2, 0) is 4.74 Å². The summed E-state index contributed by atoms with van der Waals surface area (Å²) in [7, 11) is 0. The Kier molecular flexibility index (Phi) is 8.54. The van der Waals surface area contributed by atoms with Gasteiger partial charge in [-0.3, -0.25) is 4.90 Å². The van der Waals surface area contributed by atoms with Gasteiger partial charge in [-0.1, -0.05) is 19.8 Å². The summed E-state index contributed by atoms with van der Waals surface area (Å²) in [6, 6.07) is 6.91. The number of nitrogens with zero attached hydrogens (tertiary/aromatic N) is 1. The molecular formula is C21H34N2O4. The number of hydrogen-bond acceptors (Lipinski definition) is 6. The molecule has 1 heterocycles. The van der Waals surface area contributed by atoms with Crippen molar-refractivity contribution in [2.45, 2.75) is 51.7 Å². The van der Waals surface area contributed by atoms with Crippen LogP contribution in [0, 0.1) is 0 Å². The molecule has 1 atom stereocenters. The first-order valence-corrected chi connectivity index (χ1v) is 9.99. The summed E-state index contributed by atoms with van der Waals surface area (Å²) >= 11 is 0. The number of β-amino-alcohol motifs (C(OH)–C–C–N with tert-alkyl or cyclic N) is 1. The molecule has 1 aromatic rings. The number of nitrogens with one attached hydrogen (secondary N) is 1. The number of rotatable bonds is 10. The van der Waals surface area contributed by atoms with E-state index in [1.807, 2.05) is 13.8 Å². The van der Waals surface area contributed by atoms with Crippen LogP contribution >= 0.6 is 0 Å².